The molecule has 2 heterocycles. The number of hydrogen-bond acceptors (Lipinski definition) is 6. The van der Waals surface area contributed by atoms with E-state index in [1.807, 2.05) is 11.4 Å². The van der Waals surface area contributed by atoms with Gasteiger partial charge in [-0.2, -0.15) is 4.31 Å². The van der Waals surface area contributed by atoms with E-state index in [-0.39, 0.29) is 11.4 Å². The second kappa shape index (κ2) is 6.19. The molecule has 3 N–H and O–H groups in total. The van der Waals surface area contributed by atoms with Gasteiger partial charge in [0, 0.05) is 26.0 Å². The van der Waals surface area contributed by atoms with Crippen molar-refractivity contribution in [2.24, 2.45) is 5.84 Å². The molecule has 20 heavy (non-hydrogen) atoms. The monoisotopic (exact) mass is 376 g/mol. The molecular weight excluding hydrogens is 364 g/mol. The van der Waals surface area contributed by atoms with Crippen LogP contribution in [0, 0.1) is 0 Å². The maximum atomic E-state index is 12.5. The van der Waals surface area contributed by atoms with Gasteiger partial charge in [0.15, 0.2) is 0 Å². The molecule has 0 saturated heterocycles. The number of sulfonamides is 1. The molecule has 0 bridgehead atoms. The lowest BCUT2D eigenvalue weighted by Crippen LogP contribution is -2.27. The minimum Gasteiger partial charge on any atom is -0.323 e. The zero-order valence-corrected chi connectivity index (χ0v) is 13.8. The van der Waals surface area contributed by atoms with Gasteiger partial charge in [-0.05, 0) is 39.0 Å². The highest BCUT2D eigenvalue weighted by molar-refractivity contribution is 9.11. The lowest BCUT2D eigenvalue weighted by molar-refractivity contribution is 0.467. The first kappa shape index (κ1) is 15.4. The molecule has 0 aliphatic rings. The predicted octanol–water partition coefficient (Wildman–Crippen LogP) is 2.01. The molecule has 0 radical (unpaired) electrons. The summed E-state index contributed by atoms with van der Waals surface area (Å²) in [6.07, 6.45) is 2.76. The number of pyridine rings is 1. The topological polar surface area (TPSA) is 88.3 Å². The largest absolute Gasteiger partial charge is 0.323 e. The van der Waals surface area contributed by atoms with Gasteiger partial charge in [-0.1, -0.05) is 0 Å². The molecule has 0 saturated carbocycles. The van der Waals surface area contributed by atoms with Crippen molar-refractivity contribution in [2.75, 3.05) is 12.5 Å². The highest BCUT2D eigenvalue weighted by Gasteiger charge is 2.24. The number of nitrogens with one attached hydrogen (secondary N) is 1. The standard InChI is InChI=1S/C11H13BrN4O2S2/c1-16(6-8-4-11(12)19-7-8)20(17,18)10-5-14-3-2-9(10)15-13/h2-5,7H,6,13H2,1H3,(H,14,15). The number of aromatic nitrogens is 1. The third-order valence-corrected chi connectivity index (χ3v) is 6.04. The molecule has 0 fully saturated rings. The molecule has 0 aliphatic heterocycles. The van der Waals surface area contributed by atoms with E-state index in [4.69, 9.17) is 5.84 Å². The highest BCUT2D eigenvalue weighted by Crippen LogP contribution is 2.25. The van der Waals surface area contributed by atoms with Gasteiger partial charge in [0.2, 0.25) is 10.0 Å². The lowest BCUT2D eigenvalue weighted by Gasteiger charge is -2.18. The number of halogens is 1. The van der Waals surface area contributed by atoms with Crippen molar-refractivity contribution in [3.63, 3.8) is 0 Å². The molecule has 0 unspecified atom stereocenters. The Labute approximate surface area is 129 Å². The molecule has 0 aliphatic carbocycles. The van der Waals surface area contributed by atoms with E-state index in [1.165, 1.54) is 41.1 Å². The molecular formula is C11H13BrN4O2S2. The Morgan fingerprint density at radius 2 is 2.30 bits per heavy atom. The zero-order chi connectivity index (χ0) is 14.8. The first-order valence-corrected chi connectivity index (χ1v) is 8.66. The van der Waals surface area contributed by atoms with Crippen LogP contribution in [0.2, 0.25) is 0 Å². The second-order valence-electron chi connectivity index (χ2n) is 4.04. The first-order valence-electron chi connectivity index (χ1n) is 5.55. The number of nitrogen functional groups attached to an aromatic ring is 1. The molecule has 6 nitrogen and oxygen atoms in total. The smallest absolute Gasteiger partial charge is 0.246 e. The van der Waals surface area contributed by atoms with Crippen molar-refractivity contribution in [2.45, 2.75) is 11.4 Å². The van der Waals surface area contributed by atoms with Gasteiger partial charge in [0.25, 0.3) is 0 Å². The van der Waals surface area contributed by atoms with Crippen molar-refractivity contribution in [1.82, 2.24) is 9.29 Å². The van der Waals surface area contributed by atoms with Crippen molar-refractivity contribution in [3.8, 4) is 0 Å². The molecule has 0 atom stereocenters. The van der Waals surface area contributed by atoms with E-state index in [1.54, 1.807) is 0 Å². The number of hydrazine groups is 1. The lowest BCUT2D eigenvalue weighted by atomic mass is 10.3. The van der Waals surface area contributed by atoms with Gasteiger partial charge in [-0.15, -0.1) is 11.3 Å². The Hall–Kier alpha value is -1.00. The van der Waals surface area contributed by atoms with E-state index in [9.17, 15) is 8.42 Å². The average Bonchev–Trinajstić information content (AvgIpc) is 2.84. The minimum absolute atomic E-state index is 0.0549. The van der Waals surface area contributed by atoms with Crippen LogP contribution in [0.15, 0.2) is 38.6 Å². The minimum atomic E-state index is -3.65. The van der Waals surface area contributed by atoms with Gasteiger partial charge in [-0.3, -0.25) is 10.8 Å². The normalized spacial score (nSPS) is 11.8. The summed E-state index contributed by atoms with van der Waals surface area (Å²) in [6.45, 7) is 0.281. The molecule has 9 heteroatoms. The summed E-state index contributed by atoms with van der Waals surface area (Å²) in [5.41, 5.74) is 3.61. The van der Waals surface area contributed by atoms with E-state index in [0.29, 0.717) is 5.69 Å². The fourth-order valence-electron chi connectivity index (χ4n) is 1.64. The van der Waals surface area contributed by atoms with Gasteiger partial charge < -0.3 is 5.43 Å². The molecule has 2 aromatic rings. The van der Waals surface area contributed by atoms with Crippen molar-refractivity contribution >= 4 is 43.0 Å². The maximum Gasteiger partial charge on any atom is 0.246 e. The van der Waals surface area contributed by atoms with Crippen LogP contribution in [0.1, 0.15) is 5.56 Å². The second-order valence-corrected chi connectivity index (χ2v) is 8.34. The number of anilines is 1. The third kappa shape index (κ3) is 3.18. The van der Waals surface area contributed by atoms with Gasteiger partial charge in [-0.25, -0.2) is 8.42 Å². The molecule has 2 rings (SSSR count). The van der Waals surface area contributed by atoms with Crippen molar-refractivity contribution in [3.05, 3.63) is 39.3 Å². The average molecular weight is 377 g/mol. The van der Waals surface area contributed by atoms with Crippen molar-refractivity contribution in [1.29, 1.82) is 0 Å². The van der Waals surface area contributed by atoms with Crippen LogP contribution >= 0.6 is 27.3 Å². The number of nitrogens with zero attached hydrogens (tertiary/aromatic N) is 2. The van der Waals surface area contributed by atoms with Gasteiger partial charge >= 0.3 is 0 Å². The summed E-state index contributed by atoms with van der Waals surface area (Å²) in [5.74, 6) is 5.34. The maximum absolute atomic E-state index is 12.5. The molecule has 0 spiro atoms. The first-order chi connectivity index (χ1) is 9.45. The van der Waals surface area contributed by atoms with E-state index in [0.717, 1.165) is 9.35 Å². The third-order valence-electron chi connectivity index (χ3n) is 2.66. The predicted molar refractivity (Wildman–Crippen MR) is 82.7 cm³/mol. The van der Waals surface area contributed by atoms with Crippen LogP contribution < -0.4 is 11.3 Å². The molecule has 0 aromatic carbocycles. The Morgan fingerprint density at radius 1 is 1.55 bits per heavy atom. The van der Waals surface area contributed by atoms with Crippen LogP contribution in [0.3, 0.4) is 0 Å². The molecule has 0 amide bonds. The highest BCUT2D eigenvalue weighted by atomic mass is 79.9. The molecule has 2 aromatic heterocycles. The Bertz CT molecular complexity index is 702. The summed E-state index contributed by atoms with van der Waals surface area (Å²) in [4.78, 5) is 3.90. The number of nitrogens with two attached hydrogens (primary N) is 1. The summed E-state index contributed by atoms with van der Waals surface area (Å²) in [6, 6.07) is 3.41. The van der Waals surface area contributed by atoms with Crippen LogP contribution in [-0.4, -0.2) is 24.8 Å². The van der Waals surface area contributed by atoms with Crippen LogP contribution in [0.25, 0.3) is 0 Å². The van der Waals surface area contributed by atoms with Crippen molar-refractivity contribution < 1.29 is 8.42 Å². The fourth-order valence-corrected chi connectivity index (χ4v) is 4.10. The zero-order valence-electron chi connectivity index (χ0n) is 10.6. The van der Waals surface area contributed by atoms with E-state index < -0.39 is 10.0 Å². The van der Waals surface area contributed by atoms with Crippen LogP contribution in [-0.2, 0) is 16.6 Å². The molecule has 108 valence electrons. The Balaban J connectivity index is 2.29. The summed E-state index contributed by atoms with van der Waals surface area (Å²) < 4.78 is 27.2. The number of thiophene rings is 1. The summed E-state index contributed by atoms with van der Waals surface area (Å²) in [7, 11) is -2.13. The SMILES string of the molecule is CN(Cc1csc(Br)c1)S(=O)(=O)c1cnccc1NN. The van der Waals surface area contributed by atoms with Crippen LogP contribution in [0.5, 0.6) is 0 Å². The van der Waals surface area contributed by atoms with E-state index >= 15 is 0 Å². The van der Waals surface area contributed by atoms with Gasteiger partial charge in [0.1, 0.15) is 4.90 Å². The number of rotatable bonds is 5. The Morgan fingerprint density at radius 3 is 2.90 bits per heavy atom. The summed E-state index contributed by atoms with van der Waals surface area (Å²) >= 11 is 4.87. The van der Waals surface area contributed by atoms with E-state index in [2.05, 4.69) is 26.3 Å². The van der Waals surface area contributed by atoms with Gasteiger partial charge in [0.05, 0.1) is 9.47 Å². The quantitative estimate of drug-likeness (QED) is 0.615. The Kier molecular flexibility index (Phi) is 4.76. The number of hydrogen-bond donors (Lipinski definition) is 2. The summed E-state index contributed by atoms with van der Waals surface area (Å²) in [5, 5.41) is 1.90. The fraction of sp³-hybridized carbons (Fsp3) is 0.182. The van der Waals surface area contributed by atoms with Crippen LogP contribution in [0.4, 0.5) is 5.69 Å².